The monoisotopic (exact) mass is 400 g/mol. The summed E-state index contributed by atoms with van der Waals surface area (Å²) in [6, 6.07) is 20.2. The molecule has 0 heterocycles. The van der Waals surface area contributed by atoms with Crippen LogP contribution in [0.25, 0.3) is 0 Å². The van der Waals surface area contributed by atoms with Gasteiger partial charge in [-0.2, -0.15) is 0 Å². The van der Waals surface area contributed by atoms with E-state index in [4.69, 9.17) is 4.43 Å². The molecule has 4 atom stereocenters. The minimum atomic E-state index is -2.84. The van der Waals surface area contributed by atoms with Gasteiger partial charge in [0.15, 0.2) is 0 Å². The Hall–Kier alpha value is -1.76. The van der Waals surface area contributed by atoms with Crippen molar-refractivity contribution in [2.24, 2.45) is 0 Å². The van der Waals surface area contributed by atoms with Gasteiger partial charge in [0.1, 0.15) is 18.3 Å². The van der Waals surface area contributed by atoms with E-state index >= 15 is 0 Å². The van der Waals surface area contributed by atoms with Crippen molar-refractivity contribution in [2.75, 3.05) is 0 Å². The minimum absolute atomic E-state index is 0.244. The third kappa shape index (κ3) is 4.45. The summed E-state index contributed by atoms with van der Waals surface area (Å²) in [6.07, 6.45) is -3.33. The summed E-state index contributed by atoms with van der Waals surface area (Å²) in [7, 11) is -2.84. The standard InChI is InChI=1S/C23H32O4Si/c1-6-20(24)22(26)21(25)17(2)27-28(23(3,4)5,18-13-9-7-10-14-18)19-15-11-8-12-16-19/h6-17,20-22,24-26H,1H2,2-5H3/t17-,20-,21-,22-/m1/s1. The van der Waals surface area contributed by atoms with Gasteiger partial charge in [-0.05, 0) is 22.3 Å². The van der Waals surface area contributed by atoms with Gasteiger partial charge in [0.2, 0.25) is 0 Å². The third-order valence-corrected chi connectivity index (χ3v) is 10.3. The van der Waals surface area contributed by atoms with Gasteiger partial charge in [-0.25, -0.2) is 0 Å². The van der Waals surface area contributed by atoms with E-state index in [0.717, 1.165) is 10.4 Å². The summed E-state index contributed by atoms with van der Waals surface area (Å²) in [5, 5.41) is 32.7. The number of aliphatic hydroxyl groups excluding tert-OH is 3. The molecule has 0 aliphatic carbocycles. The Bertz CT molecular complexity index is 703. The first-order valence-corrected chi connectivity index (χ1v) is 11.5. The van der Waals surface area contributed by atoms with Gasteiger partial charge in [0.25, 0.3) is 8.32 Å². The molecule has 3 N–H and O–H groups in total. The van der Waals surface area contributed by atoms with Crippen LogP contribution in [0, 0.1) is 0 Å². The van der Waals surface area contributed by atoms with Crippen molar-refractivity contribution >= 4 is 18.7 Å². The molecule has 0 saturated heterocycles. The molecule has 2 aromatic carbocycles. The van der Waals surface area contributed by atoms with Crippen LogP contribution in [-0.4, -0.2) is 48.1 Å². The van der Waals surface area contributed by atoms with E-state index in [9.17, 15) is 15.3 Å². The summed E-state index contributed by atoms with van der Waals surface area (Å²) in [5.41, 5.74) is 0. The highest BCUT2D eigenvalue weighted by Crippen LogP contribution is 2.38. The van der Waals surface area contributed by atoms with E-state index in [1.54, 1.807) is 6.92 Å². The van der Waals surface area contributed by atoms with Gasteiger partial charge in [-0.15, -0.1) is 6.58 Å². The van der Waals surface area contributed by atoms with E-state index in [2.05, 4.69) is 51.6 Å². The largest absolute Gasteiger partial charge is 0.402 e. The second-order valence-corrected chi connectivity index (χ2v) is 12.4. The minimum Gasteiger partial charge on any atom is -0.402 e. The SMILES string of the molecule is C=C[C@@H](O)[C@@H](O)[C@H](O)[C@@H](C)O[Si](c1ccccc1)(c1ccccc1)C(C)(C)C. The van der Waals surface area contributed by atoms with Crippen LogP contribution in [0.5, 0.6) is 0 Å². The maximum atomic E-state index is 10.7. The Morgan fingerprint density at radius 3 is 1.64 bits per heavy atom. The van der Waals surface area contributed by atoms with E-state index in [1.807, 2.05) is 36.4 Å². The third-order valence-electron chi connectivity index (χ3n) is 5.20. The molecule has 0 aliphatic heterocycles. The van der Waals surface area contributed by atoms with Crippen LogP contribution >= 0.6 is 0 Å². The van der Waals surface area contributed by atoms with Crippen LogP contribution in [0.2, 0.25) is 5.04 Å². The smallest absolute Gasteiger partial charge is 0.261 e. The van der Waals surface area contributed by atoms with E-state index in [1.165, 1.54) is 6.08 Å². The summed E-state index contributed by atoms with van der Waals surface area (Å²) in [4.78, 5) is 0. The van der Waals surface area contributed by atoms with Crippen LogP contribution in [0.4, 0.5) is 0 Å². The molecule has 2 rings (SSSR count). The molecule has 28 heavy (non-hydrogen) atoms. The predicted molar refractivity (Wildman–Crippen MR) is 116 cm³/mol. The molecule has 0 fully saturated rings. The van der Waals surface area contributed by atoms with Crippen molar-refractivity contribution in [1.82, 2.24) is 0 Å². The molecule has 0 saturated carbocycles. The predicted octanol–water partition coefficient (Wildman–Crippen LogP) is 2.22. The first kappa shape index (κ1) is 22.5. The van der Waals surface area contributed by atoms with Crippen LogP contribution in [0.1, 0.15) is 27.7 Å². The first-order chi connectivity index (χ1) is 13.1. The molecule has 152 valence electrons. The second-order valence-electron chi connectivity index (χ2n) is 8.19. The van der Waals surface area contributed by atoms with Crippen LogP contribution in [0.15, 0.2) is 73.3 Å². The van der Waals surface area contributed by atoms with Crippen molar-refractivity contribution < 1.29 is 19.7 Å². The highest BCUT2D eigenvalue weighted by Gasteiger charge is 2.52. The molecule has 0 amide bonds. The molecule has 0 spiro atoms. The highest BCUT2D eigenvalue weighted by atomic mass is 28.4. The normalized spacial score (nSPS) is 16.8. The van der Waals surface area contributed by atoms with E-state index in [-0.39, 0.29) is 5.04 Å². The Morgan fingerprint density at radius 1 is 0.857 bits per heavy atom. The van der Waals surface area contributed by atoms with Crippen molar-refractivity contribution in [1.29, 1.82) is 0 Å². The lowest BCUT2D eigenvalue weighted by molar-refractivity contribution is -0.0830. The van der Waals surface area contributed by atoms with Crippen LogP contribution < -0.4 is 10.4 Å². The van der Waals surface area contributed by atoms with E-state index < -0.39 is 32.7 Å². The average Bonchev–Trinajstić information content (AvgIpc) is 2.70. The zero-order valence-corrected chi connectivity index (χ0v) is 18.1. The number of aliphatic hydroxyl groups is 3. The first-order valence-electron chi connectivity index (χ1n) is 9.60. The van der Waals surface area contributed by atoms with Crippen molar-refractivity contribution in [3.05, 3.63) is 73.3 Å². The summed E-state index contributed by atoms with van der Waals surface area (Å²) < 4.78 is 6.74. The van der Waals surface area contributed by atoms with Gasteiger partial charge in [0.05, 0.1) is 6.10 Å². The van der Waals surface area contributed by atoms with Gasteiger partial charge in [0, 0.05) is 0 Å². The molecule has 0 radical (unpaired) electrons. The molecule has 2 aromatic rings. The zero-order valence-electron chi connectivity index (χ0n) is 17.1. The second kappa shape index (κ2) is 9.16. The molecular formula is C23H32O4Si. The Kier molecular flexibility index (Phi) is 7.37. The molecular weight excluding hydrogens is 368 g/mol. The van der Waals surface area contributed by atoms with Crippen molar-refractivity contribution in [2.45, 2.75) is 57.1 Å². The summed E-state index contributed by atoms with van der Waals surface area (Å²) in [5.74, 6) is 0. The van der Waals surface area contributed by atoms with Crippen molar-refractivity contribution in [3.8, 4) is 0 Å². The van der Waals surface area contributed by atoms with Gasteiger partial charge in [-0.1, -0.05) is 87.5 Å². The molecule has 0 aromatic heterocycles. The Balaban J connectivity index is 2.57. The number of hydrogen-bond donors (Lipinski definition) is 3. The quantitative estimate of drug-likeness (QED) is 0.469. The summed E-state index contributed by atoms with van der Waals surface area (Å²) >= 11 is 0. The maximum absolute atomic E-state index is 10.7. The zero-order chi connectivity index (χ0) is 20.9. The number of rotatable bonds is 8. The van der Waals surface area contributed by atoms with Crippen LogP contribution in [-0.2, 0) is 4.43 Å². The molecule has 4 nitrogen and oxygen atoms in total. The maximum Gasteiger partial charge on any atom is 0.261 e. The van der Waals surface area contributed by atoms with Crippen molar-refractivity contribution in [3.63, 3.8) is 0 Å². The van der Waals surface area contributed by atoms with Gasteiger partial charge >= 0.3 is 0 Å². The summed E-state index contributed by atoms with van der Waals surface area (Å²) in [6.45, 7) is 11.7. The Morgan fingerprint density at radius 2 is 1.29 bits per heavy atom. The average molecular weight is 401 g/mol. The molecule has 5 heteroatoms. The number of benzene rings is 2. The molecule has 0 aliphatic rings. The topological polar surface area (TPSA) is 69.9 Å². The van der Waals surface area contributed by atoms with Crippen LogP contribution in [0.3, 0.4) is 0 Å². The lowest BCUT2D eigenvalue weighted by Gasteiger charge is -2.45. The van der Waals surface area contributed by atoms with Gasteiger partial charge in [-0.3, -0.25) is 0 Å². The number of hydrogen-bond acceptors (Lipinski definition) is 4. The highest BCUT2D eigenvalue weighted by molar-refractivity contribution is 6.99. The Labute approximate surface area is 169 Å². The molecule has 0 unspecified atom stereocenters. The fourth-order valence-electron chi connectivity index (χ4n) is 3.66. The van der Waals surface area contributed by atoms with Gasteiger partial charge < -0.3 is 19.7 Å². The lowest BCUT2D eigenvalue weighted by atomic mass is 10.0. The fourth-order valence-corrected chi connectivity index (χ4v) is 8.37. The van der Waals surface area contributed by atoms with E-state index in [0.29, 0.717) is 0 Å². The molecule has 0 bridgehead atoms. The fraction of sp³-hybridized carbons (Fsp3) is 0.391. The lowest BCUT2D eigenvalue weighted by Crippen LogP contribution is -2.68.